The first-order valence-electron chi connectivity index (χ1n) is 29.1. The summed E-state index contributed by atoms with van der Waals surface area (Å²) in [4.78, 5) is 24.5. The maximum atomic E-state index is 12.5. The molecule has 0 saturated carbocycles. The molecule has 2 unspecified atom stereocenters. The first-order chi connectivity index (χ1) is 32.0. The van der Waals surface area contributed by atoms with Crippen molar-refractivity contribution in [2.24, 2.45) is 0 Å². The van der Waals surface area contributed by atoms with Gasteiger partial charge < -0.3 is 20.3 Å². The van der Waals surface area contributed by atoms with E-state index in [9.17, 15) is 19.8 Å². The molecule has 0 aromatic heterocycles. The lowest BCUT2D eigenvalue weighted by molar-refractivity contribution is -0.143. The summed E-state index contributed by atoms with van der Waals surface area (Å²) in [5.41, 5.74) is 0. The minimum atomic E-state index is -0.682. The Bertz CT molecular complexity index is 1010. The smallest absolute Gasteiger partial charge is 0.305 e. The molecule has 0 radical (unpaired) electrons. The topological polar surface area (TPSA) is 95.9 Å². The summed E-state index contributed by atoms with van der Waals surface area (Å²) >= 11 is 0. The Morgan fingerprint density at radius 1 is 0.415 bits per heavy atom. The van der Waals surface area contributed by atoms with Crippen LogP contribution < -0.4 is 5.32 Å². The number of esters is 1. The third-order valence-corrected chi connectivity index (χ3v) is 13.5. The van der Waals surface area contributed by atoms with Crippen molar-refractivity contribution in [3.8, 4) is 0 Å². The van der Waals surface area contributed by atoms with Gasteiger partial charge in [0.2, 0.25) is 5.91 Å². The van der Waals surface area contributed by atoms with E-state index in [1.165, 1.54) is 212 Å². The van der Waals surface area contributed by atoms with Gasteiger partial charge in [-0.1, -0.05) is 250 Å². The number of allylic oxidation sites excluding steroid dienone is 4. The van der Waals surface area contributed by atoms with Gasteiger partial charge in [0, 0.05) is 12.8 Å². The number of hydrogen-bond acceptors (Lipinski definition) is 5. The Hall–Kier alpha value is -1.66. The van der Waals surface area contributed by atoms with Crippen LogP contribution in [0.1, 0.15) is 316 Å². The van der Waals surface area contributed by atoms with Gasteiger partial charge in [0.1, 0.15) is 0 Å². The van der Waals surface area contributed by atoms with Crippen molar-refractivity contribution in [1.82, 2.24) is 5.32 Å². The first-order valence-corrected chi connectivity index (χ1v) is 29.1. The van der Waals surface area contributed by atoms with Gasteiger partial charge in [-0.3, -0.25) is 9.59 Å². The molecule has 1 amide bonds. The predicted molar refractivity (Wildman–Crippen MR) is 283 cm³/mol. The molecule has 2 atom stereocenters. The number of carbonyl (C=O) groups excluding carboxylic acids is 2. The van der Waals surface area contributed by atoms with Crippen molar-refractivity contribution in [2.75, 3.05) is 13.2 Å². The highest BCUT2D eigenvalue weighted by Crippen LogP contribution is 2.17. The molecule has 3 N–H and O–H groups in total. The molecule has 0 aromatic carbocycles. The van der Waals surface area contributed by atoms with Gasteiger partial charge in [0.05, 0.1) is 25.4 Å². The number of hydrogen-bond donors (Lipinski definition) is 3. The minimum absolute atomic E-state index is 0.0212. The van der Waals surface area contributed by atoms with Crippen LogP contribution in [0, 0.1) is 0 Å². The molecule has 0 aromatic rings. The zero-order chi connectivity index (χ0) is 47.2. The number of nitrogens with one attached hydrogen (secondary N) is 1. The van der Waals surface area contributed by atoms with Crippen LogP contribution >= 0.6 is 0 Å². The second-order valence-electron chi connectivity index (χ2n) is 20.0. The summed E-state index contributed by atoms with van der Waals surface area (Å²) in [6.07, 6.45) is 66.0. The van der Waals surface area contributed by atoms with Gasteiger partial charge in [0.25, 0.3) is 0 Å². The van der Waals surface area contributed by atoms with Crippen molar-refractivity contribution in [3.05, 3.63) is 24.3 Å². The van der Waals surface area contributed by atoms with Crippen LogP contribution in [0.25, 0.3) is 0 Å². The minimum Gasteiger partial charge on any atom is -0.466 e. The fourth-order valence-electron chi connectivity index (χ4n) is 8.98. The summed E-state index contributed by atoms with van der Waals surface area (Å²) in [6.45, 7) is 4.91. The lowest BCUT2D eigenvalue weighted by Crippen LogP contribution is -2.45. The third-order valence-electron chi connectivity index (χ3n) is 13.5. The summed E-state index contributed by atoms with van der Waals surface area (Å²) < 4.78 is 5.45. The van der Waals surface area contributed by atoms with E-state index in [4.69, 9.17) is 4.74 Å². The van der Waals surface area contributed by atoms with Crippen LogP contribution in [-0.4, -0.2) is 47.4 Å². The molecule has 65 heavy (non-hydrogen) atoms. The molecule has 0 bridgehead atoms. The van der Waals surface area contributed by atoms with Crippen LogP contribution in [-0.2, 0) is 14.3 Å². The molecule has 6 heteroatoms. The van der Waals surface area contributed by atoms with Crippen LogP contribution in [0.3, 0.4) is 0 Å². The van der Waals surface area contributed by atoms with Crippen LogP contribution in [0.5, 0.6) is 0 Å². The Kier molecular flexibility index (Phi) is 53.5. The van der Waals surface area contributed by atoms with Gasteiger partial charge in [-0.2, -0.15) is 0 Å². The van der Waals surface area contributed by atoms with E-state index in [0.29, 0.717) is 25.9 Å². The Morgan fingerprint density at radius 2 is 0.723 bits per heavy atom. The molecule has 0 spiro atoms. The molecule has 384 valence electrons. The Balaban J connectivity index is 3.49. The van der Waals surface area contributed by atoms with Crippen molar-refractivity contribution >= 4 is 11.9 Å². The number of rotatable bonds is 54. The number of aliphatic hydroxyl groups excluding tert-OH is 2. The Morgan fingerprint density at radius 3 is 1.12 bits per heavy atom. The summed E-state index contributed by atoms with van der Waals surface area (Å²) in [6, 6.07) is -0.563. The zero-order valence-electron chi connectivity index (χ0n) is 43.7. The standard InChI is InChI=1S/C59H113NO5/c1-3-5-7-9-11-13-15-17-18-19-20-21-22-23-24-25-28-31-35-39-43-47-51-57(62)56(55-61)60-58(63)52-48-44-40-36-32-29-26-30-34-38-42-46-50-54-65-59(64)53-49-45-41-37-33-27-16-14-12-10-8-6-4-2/h14,16,29,32,56-57,61-62H,3-13,15,17-28,30-31,33-55H2,1-2H3,(H,60,63)/b16-14-,32-29-. The van der Waals surface area contributed by atoms with Gasteiger partial charge in [-0.25, -0.2) is 0 Å². The molecule has 0 aliphatic heterocycles. The molecule has 0 fully saturated rings. The third kappa shape index (κ3) is 51.6. The van der Waals surface area contributed by atoms with Crippen molar-refractivity contribution < 1.29 is 24.5 Å². The first kappa shape index (κ1) is 63.3. The van der Waals surface area contributed by atoms with Gasteiger partial charge >= 0.3 is 5.97 Å². The van der Waals surface area contributed by atoms with E-state index in [-0.39, 0.29) is 18.5 Å². The average Bonchev–Trinajstić information content (AvgIpc) is 3.31. The van der Waals surface area contributed by atoms with E-state index in [2.05, 4.69) is 43.5 Å². The maximum Gasteiger partial charge on any atom is 0.305 e. The maximum absolute atomic E-state index is 12.5. The quantitative estimate of drug-likeness (QED) is 0.0321. The van der Waals surface area contributed by atoms with E-state index in [0.717, 1.165) is 70.6 Å². The van der Waals surface area contributed by atoms with Crippen LogP contribution in [0.4, 0.5) is 0 Å². The molecule has 0 heterocycles. The molecule has 0 aliphatic rings. The van der Waals surface area contributed by atoms with Crippen LogP contribution in [0.15, 0.2) is 24.3 Å². The lowest BCUT2D eigenvalue weighted by Gasteiger charge is -2.22. The van der Waals surface area contributed by atoms with E-state index >= 15 is 0 Å². The number of unbranched alkanes of at least 4 members (excludes halogenated alkanes) is 39. The summed E-state index contributed by atoms with van der Waals surface area (Å²) in [5.74, 6) is -0.0838. The summed E-state index contributed by atoms with van der Waals surface area (Å²) in [7, 11) is 0. The van der Waals surface area contributed by atoms with Crippen LogP contribution in [0.2, 0.25) is 0 Å². The second kappa shape index (κ2) is 54.9. The van der Waals surface area contributed by atoms with Crippen molar-refractivity contribution in [2.45, 2.75) is 328 Å². The normalized spacial score (nSPS) is 12.7. The van der Waals surface area contributed by atoms with E-state index in [1.54, 1.807) is 0 Å². The Labute approximate surface area is 405 Å². The molecule has 6 nitrogen and oxygen atoms in total. The molecule has 0 saturated heterocycles. The van der Waals surface area contributed by atoms with Crippen molar-refractivity contribution in [3.63, 3.8) is 0 Å². The number of ether oxygens (including phenoxy) is 1. The highest BCUT2D eigenvalue weighted by Gasteiger charge is 2.20. The highest BCUT2D eigenvalue weighted by molar-refractivity contribution is 5.76. The monoisotopic (exact) mass is 916 g/mol. The summed E-state index contributed by atoms with van der Waals surface area (Å²) in [5, 5.41) is 23.3. The lowest BCUT2D eigenvalue weighted by atomic mass is 10.0. The number of carbonyl (C=O) groups is 2. The average molecular weight is 917 g/mol. The molecular weight excluding hydrogens is 803 g/mol. The van der Waals surface area contributed by atoms with E-state index in [1.807, 2.05) is 0 Å². The van der Waals surface area contributed by atoms with Gasteiger partial charge in [-0.15, -0.1) is 0 Å². The molecular formula is C59H113NO5. The largest absolute Gasteiger partial charge is 0.466 e. The second-order valence-corrected chi connectivity index (χ2v) is 20.0. The fourth-order valence-corrected chi connectivity index (χ4v) is 8.98. The molecule has 0 aliphatic carbocycles. The highest BCUT2D eigenvalue weighted by atomic mass is 16.5. The number of aliphatic hydroxyl groups is 2. The predicted octanol–water partition coefficient (Wildman–Crippen LogP) is 17.9. The fraction of sp³-hybridized carbons (Fsp3) is 0.898. The molecule has 0 rings (SSSR count). The van der Waals surface area contributed by atoms with Gasteiger partial charge in [-0.05, 0) is 77.0 Å². The zero-order valence-corrected chi connectivity index (χ0v) is 43.7. The van der Waals surface area contributed by atoms with Crippen molar-refractivity contribution in [1.29, 1.82) is 0 Å². The van der Waals surface area contributed by atoms with Gasteiger partial charge in [0.15, 0.2) is 0 Å². The van der Waals surface area contributed by atoms with E-state index < -0.39 is 12.1 Å². The number of amides is 1. The SMILES string of the molecule is CCCCCC/C=C\CCCCCCCC(=O)OCCCCCCCC/C=C\CCCCCC(=O)NC(CO)C(O)CCCCCCCCCCCCCCCCCCCCCCCC.